The molecule has 1 aliphatic carbocycles. The van der Waals surface area contributed by atoms with Gasteiger partial charge in [-0.2, -0.15) is 0 Å². The minimum absolute atomic E-state index is 0.218. The number of nitrogens with one attached hydrogen (secondary N) is 1. The van der Waals surface area contributed by atoms with E-state index in [4.69, 9.17) is 5.73 Å². The van der Waals surface area contributed by atoms with Crippen LogP contribution in [0.3, 0.4) is 0 Å². The highest BCUT2D eigenvalue weighted by molar-refractivity contribution is 7.98. The lowest BCUT2D eigenvalue weighted by atomic mass is 10.2. The summed E-state index contributed by atoms with van der Waals surface area (Å²) < 4.78 is 13.7. The molecule has 5 heteroatoms. The predicted molar refractivity (Wildman–Crippen MR) is 78.9 cm³/mol. The van der Waals surface area contributed by atoms with Crippen LogP contribution in [0.5, 0.6) is 0 Å². The third-order valence-corrected chi connectivity index (χ3v) is 4.23. The van der Waals surface area contributed by atoms with Gasteiger partial charge in [-0.25, -0.2) is 9.38 Å². The second-order valence-electron chi connectivity index (χ2n) is 4.75. The Bertz CT molecular complexity index is 456. The fourth-order valence-corrected chi connectivity index (χ4v) is 3.00. The molecule has 0 bridgehead atoms. The maximum Gasteiger partial charge on any atom is 0.189 e. The zero-order valence-corrected chi connectivity index (χ0v) is 12.0. The topological polar surface area (TPSA) is 50.4 Å². The van der Waals surface area contributed by atoms with Crippen LogP contribution < -0.4 is 11.1 Å². The van der Waals surface area contributed by atoms with Crippen LogP contribution in [-0.2, 0) is 6.54 Å². The molecule has 19 heavy (non-hydrogen) atoms. The van der Waals surface area contributed by atoms with Crippen LogP contribution in [0, 0.1) is 5.82 Å². The third kappa shape index (κ3) is 3.86. The highest BCUT2D eigenvalue weighted by atomic mass is 32.2. The third-order valence-electron chi connectivity index (χ3n) is 3.41. The van der Waals surface area contributed by atoms with Gasteiger partial charge in [0, 0.05) is 16.5 Å². The van der Waals surface area contributed by atoms with Crippen molar-refractivity contribution < 1.29 is 4.39 Å². The summed E-state index contributed by atoms with van der Waals surface area (Å²) in [6, 6.07) is 5.52. The van der Waals surface area contributed by atoms with E-state index in [1.165, 1.54) is 30.7 Å². The van der Waals surface area contributed by atoms with Crippen LogP contribution in [0.25, 0.3) is 0 Å². The minimum atomic E-state index is -0.218. The van der Waals surface area contributed by atoms with Crippen LogP contribution in [0.1, 0.15) is 31.2 Å². The molecule has 0 spiro atoms. The molecule has 0 aliphatic heterocycles. The summed E-state index contributed by atoms with van der Waals surface area (Å²) in [6.07, 6.45) is 6.71. The van der Waals surface area contributed by atoms with E-state index >= 15 is 0 Å². The molecule has 0 unspecified atom stereocenters. The van der Waals surface area contributed by atoms with E-state index in [2.05, 4.69) is 10.3 Å². The number of nitrogens with zero attached hydrogens (tertiary/aromatic N) is 1. The standard InChI is InChI=1S/C14H20FN3S/c1-19-13-8-4-7-12(15)11(13)9-17-14(16)18-10-5-2-3-6-10/h4,7-8,10H,2-3,5-6,9H2,1H3,(H3,16,17,18). The molecule has 0 radical (unpaired) electrons. The monoisotopic (exact) mass is 281 g/mol. The van der Waals surface area contributed by atoms with E-state index < -0.39 is 0 Å². The van der Waals surface area contributed by atoms with Crippen molar-refractivity contribution in [3.05, 3.63) is 29.6 Å². The Labute approximate surface area is 117 Å². The average Bonchev–Trinajstić information content (AvgIpc) is 2.89. The second-order valence-corrected chi connectivity index (χ2v) is 5.60. The number of guanidine groups is 1. The summed E-state index contributed by atoms with van der Waals surface area (Å²) >= 11 is 1.52. The van der Waals surface area contributed by atoms with Crippen molar-refractivity contribution in [2.24, 2.45) is 10.7 Å². The van der Waals surface area contributed by atoms with E-state index in [-0.39, 0.29) is 12.4 Å². The minimum Gasteiger partial charge on any atom is -0.370 e. The maximum atomic E-state index is 13.7. The SMILES string of the molecule is CSc1cccc(F)c1CN=C(N)NC1CCCC1. The van der Waals surface area contributed by atoms with Gasteiger partial charge < -0.3 is 11.1 Å². The van der Waals surface area contributed by atoms with E-state index in [0.717, 1.165) is 17.7 Å². The number of halogens is 1. The van der Waals surface area contributed by atoms with Gasteiger partial charge in [0.05, 0.1) is 6.54 Å². The Balaban J connectivity index is 2.00. The van der Waals surface area contributed by atoms with Gasteiger partial charge in [0.1, 0.15) is 5.82 Å². The van der Waals surface area contributed by atoms with Crippen molar-refractivity contribution in [2.75, 3.05) is 6.26 Å². The number of hydrogen-bond donors (Lipinski definition) is 2. The average molecular weight is 281 g/mol. The van der Waals surface area contributed by atoms with Gasteiger partial charge in [-0.15, -0.1) is 11.8 Å². The lowest BCUT2D eigenvalue weighted by Crippen LogP contribution is -2.38. The van der Waals surface area contributed by atoms with Gasteiger partial charge in [0.2, 0.25) is 0 Å². The fourth-order valence-electron chi connectivity index (χ4n) is 2.37. The molecular formula is C14H20FN3S. The smallest absolute Gasteiger partial charge is 0.189 e. The number of rotatable bonds is 4. The molecule has 0 atom stereocenters. The molecule has 3 nitrogen and oxygen atoms in total. The number of hydrogen-bond acceptors (Lipinski definition) is 2. The molecule has 1 aromatic rings. The zero-order chi connectivity index (χ0) is 13.7. The Morgan fingerprint density at radius 1 is 1.47 bits per heavy atom. The van der Waals surface area contributed by atoms with Gasteiger partial charge in [-0.3, -0.25) is 0 Å². The van der Waals surface area contributed by atoms with Gasteiger partial charge in [0.15, 0.2) is 5.96 Å². The van der Waals surface area contributed by atoms with E-state index in [9.17, 15) is 4.39 Å². The molecule has 1 fully saturated rings. The first-order chi connectivity index (χ1) is 9.20. The van der Waals surface area contributed by atoms with Crippen LogP contribution in [0.15, 0.2) is 28.1 Å². The number of thioether (sulfide) groups is 1. The Kier molecular flexibility index (Phi) is 5.07. The van der Waals surface area contributed by atoms with Gasteiger partial charge in [-0.1, -0.05) is 18.9 Å². The first kappa shape index (κ1) is 14.2. The number of nitrogens with two attached hydrogens (primary N) is 1. The van der Waals surface area contributed by atoms with Gasteiger partial charge >= 0.3 is 0 Å². The van der Waals surface area contributed by atoms with Crippen molar-refractivity contribution in [3.8, 4) is 0 Å². The highest BCUT2D eigenvalue weighted by Gasteiger charge is 2.15. The Hall–Kier alpha value is -1.23. The summed E-state index contributed by atoms with van der Waals surface area (Å²) in [6.45, 7) is 0.286. The van der Waals surface area contributed by atoms with Crippen LogP contribution in [0.2, 0.25) is 0 Å². The van der Waals surface area contributed by atoms with Gasteiger partial charge in [-0.05, 0) is 31.2 Å². The zero-order valence-electron chi connectivity index (χ0n) is 11.2. The van der Waals surface area contributed by atoms with Gasteiger partial charge in [0.25, 0.3) is 0 Å². The molecule has 1 aromatic carbocycles. The summed E-state index contributed by atoms with van der Waals surface area (Å²) in [5, 5.41) is 3.20. The number of benzene rings is 1. The van der Waals surface area contributed by atoms with E-state index in [1.807, 2.05) is 12.3 Å². The van der Waals surface area contributed by atoms with Crippen molar-refractivity contribution >= 4 is 17.7 Å². The summed E-state index contributed by atoms with van der Waals surface area (Å²) in [4.78, 5) is 5.17. The molecule has 3 N–H and O–H groups in total. The van der Waals surface area contributed by atoms with Crippen molar-refractivity contribution in [1.29, 1.82) is 0 Å². The normalized spacial score (nSPS) is 16.8. The van der Waals surface area contributed by atoms with Crippen LogP contribution in [0.4, 0.5) is 4.39 Å². The summed E-state index contributed by atoms with van der Waals surface area (Å²) in [5.74, 6) is 0.200. The molecule has 0 aromatic heterocycles. The first-order valence-electron chi connectivity index (χ1n) is 6.58. The summed E-state index contributed by atoms with van der Waals surface area (Å²) in [5.41, 5.74) is 6.47. The lowest BCUT2D eigenvalue weighted by Gasteiger charge is -2.12. The van der Waals surface area contributed by atoms with E-state index in [1.54, 1.807) is 6.07 Å². The second kappa shape index (κ2) is 6.80. The maximum absolute atomic E-state index is 13.7. The lowest BCUT2D eigenvalue weighted by molar-refractivity contribution is 0.602. The molecule has 2 rings (SSSR count). The molecule has 0 heterocycles. The molecule has 104 valence electrons. The predicted octanol–water partition coefficient (Wildman–Crippen LogP) is 2.89. The quantitative estimate of drug-likeness (QED) is 0.507. The molecule has 0 amide bonds. The molecular weight excluding hydrogens is 261 g/mol. The summed E-state index contributed by atoms with van der Waals surface area (Å²) in [7, 11) is 0. The fraction of sp³-hybridized carbons (Fsp3) is 0.500. The van der Waals surface area contributed by atoms with Crippen LogP contribution in [-0.4, -0.2) is 18.3 Å². The molecule has 1 saturated carbocycles. The van der Waals surface area contributed by atoms with Crippen molar-refractivity contribution in [1.82, 2.24) is 5.32 Å². The largest absolute Gasteiger partial charge is 0.370 e. The van der Waals surface area contributed by atoms with Crippen molar-refractivity contribution in [3.63, 3.8) is 0 Å². The Morgan fingerprint density at radius 3 is 2.89 bits per heavy atom. The highest BCUT2D eigenvalue weighted by Crippen LogP contribution is 2.23. The van der Waals surface area contributed by atoms with Crippen molar-refractivity contribution in [2.45, 2.75) is 43.2 Å². The number of aliphatic imine (C=N–C) groups is 1. The van der Waals surface area contributed by atoms with E-state index in [0.29, 0.717) is 17.6 Å². The molecule has 0 saturated heterocycles. The van der Waals surface area contributed by atoms with Crippen LogP contribution >= 0.6 is 11.8 Å². The molecule has 1 aliphatic rings. The Morgan fingerprint density at radius 2 is 2.21 bits per heavy atom. The first-order valence-corrected chi connectivity index (χ1v) is 7.81.